The van der Waals surface area contributed by atoms with Gasteiger partial charge in [-0.05, 0) is 26.2 Å². The lowest BCUT2D eigenvalue weighted by molar-refractivity contribution is 0.376. The molecule has 100 valence electrons. The average Bonchev–Trinajstić information content (AvgIpc) is 2.85. The molecule has 0 aliphatic heterocycles. The van der Waals surface area contributed by atoms with Gasteiger partial charge in [-0.25, -0.2) is 0 Å². The number of aryl methyl sites for hydroxylation is 1. The molecule has 1 fully saturated rings. The maximum absolute atomic E-state index is 5.05. The Morgan fingerprint density at radius 1 is 1.56 bits per heavy atom. The lowest BCUT2D eigenvalue weighted by Gasteiger charge is -2.10. The lowest BCUT2D eigenvalue weighted by Crippen LogP contribution is -2.39. The molecule has 2 atom stereocenters. The summed E-state index contributed by atoms with van der Waals surface area (Å²) in [5.41, 5.74) is 0. The number of hydrogen-bond acceptors (Lipinski definition) is 4. The van der Waals surface area contributed by atoms with Crippen LogP contribution in [0.15, 0.2) is 9.52 Å². The average molecular weight is 251 g/mol. The Morgan fingerprint density at radius 2 is 2.33 bits per heavy atom. The molecule has 0 saturated heterocycles. The number of hydrogen-bond donors (Lipinski definition) is 2. The van der Waals surface area contributed by atoms with Crippen molar-refractivity contribution in [3.05, 3.63) is 11.7 Å². The zero-order valence-corrected chi connectivity index (χ0v) is 11.2. The van der Waals surface area contributed by atoms with Crippen LogP contribution in [0.2, 0.25) is 0 Å². The first-order valence-corrected chi connectivity index (χ1v) is 6.53. The third kappa shape index (κ3) is 3.72. The summed E-state index contributed by atoms with van der Waals surface area (Å²) in [4.78, 5) is 8.65. The highest BCUT2D eigenvalue weighted by atomic mass is 16.5. The van der Waals surface area contributed by atoms with Crippen molar-refractivity contribution in [2.45, 2.75) is 39.7 Å². The van der Waals surface area contributed by atoms with E-state index in [2.05, 4.69) is 39.6 Å². The van der Waals surface area contributed by atoms with Gasteiger partial charge in [0, 0.05) is 19.0 Å². The molecule has 1 aliphatic carbocycles. The second kappa shape index (κ2) is 5.84. The van der Waals surface area contributed by atoms with Gasteiger partial charge in [-0.3, -0.25) is 4.99 Å². The molecule has 0 amide bonds. The summed E-state index contributed by atoms with van der Waals surface area (Å²) in [6.45, 7) is 7.64. The standard InChI is InChI=1S/C12H21N5O/c1-4-13-12(16-10-7-8(10)2)14-6-5-11-15-9(3)17-18-11/h8,10H,4-7H2,1-3H3,(H2,13,14,16). The van der Waals surface area contributed by atoms with Crippen LogP contribution < -0.4 is 10.6 Å². The molecule has 2 unspecified atom stereocenters. The summed E-state index contributed by atoms with van der Waals surface area (Å²) in [5.74, 6) is 2.95. The van der Waals surface area contributed by atoms with Gasteiger partial charge in [0.2, 0.25) is 5.89 Å². The Morgan fingerprint density at radius 3 is 2.89 bits per heavy atom. The Hall–Kier alpha value is -1.59. The van der Waals surface area contributed by atoms with Crippen LogP contribution in [0.5, 0.6) is 0 Å². The maximum atomic E-state index is 5.05. The summed E-state index contributed by atoms with van der Waals surface area (Å²) >= 11 is 0. The molecule has 0 spiro atoms. The van der Waals surface area contributed by atoms with Gasteiger partial charge in [0.05, 0.1) is 6.54 Å². The summed E-state index contributed by atoms with van der Waals surface area (Å²) in [6.07, 6.45) is 1.91. The summed E-state index contributed by atoms with van der Waals surface area (Å²) in [7, 11) is 0. The van der Waals surface area contributed by atoms with Gasteiger partial charge in [0.1, 0.15) is 0 Å². The largest absolute Gasteiger partial charge is 0.357 e. The third-order valence-electron chi connectivity index (χ3n) is 2.94. The molecule has 18 heavy (non-hydrogen) atoms. The Kier molecular flexibility index (Phi) is 4.17. The van der Waals surface area contributed by atoms with Gasteiger partial charge >= 0.3 is 0 Å². The van der Waals surface area contributed by atoms with Gasteiger partial charge in [0.15, 0.2) is 11.8 Å². The highest BCUT2D eigenvalue weighted by Gasteiger charge is 2.33. The van der Waals surface area contributed by atoms with E-state index in [9.17, 15) is 0 Å². The highest BCUT2D eigenvalue weighted by molar-refractivity contribution is 5.80. The quantitative estimate of drug-likeness (QED) is 0.600. The smallest absolute Gasteiger partial charge is 0.228 e. The zero-order valence-electron chi connectivity index (χ0n) is 11.2. The van der Waals surface area contributed by atoms with Crippen LogP contribution in [0, 0.1) is 12.8 Å². The number of aromatic nitrogens is 2. The minimum Gasteiger partial charge on any atom is -0.357 e. The van der Waals surface area contributed by atoms with Crippen LogP contribution >= 0.6 is 0 Å². The summed E-state index contributed by atoms with van der Waals surface area (Å²) in [5, 5.41) is 10.4. The molecule has 6 nitrogen and oxygen atoms in total. The van der Waals surface area contributed by atoms with Gasteiger partial charge in [-0.2, -0.15) is 4.98 Å². The molecular formula is C12H21N5O. The second-order valence-corrected chi connectivity index (χ2v) is 4.71. The lowest BCUT2D eigenvalue weighted by atomic mass is 10.4. The van der Waals surface area contributed by atoms with E-state index >= 15 is 0 Å². The normalized spacial score (nSPS) is 22.9. The molecule has 1 aliphatic rings. The minimum absolute atomic E-state index is 0.577. The van der Waals surface area contributed by atoms with Crippen molar-refractivity contribution in [1.29, 1.82) is 0 Å². The van der Waals surface area contributed by atoms with Crippen molar-refractivity contribution in [2.24, 2.45) is 10.9 Å². The van der Waals surface area contributed by atoms with Crippen molar-refractivity contribution in [1.82, 2.24) is 20.8 Å². The third-order valence-corrected chi connectivity index (χ3v) is 2.94. The van der Waals surface area contributed by atoms with E-state index < -0.39 is 0 Å². The molecule has 2 rings (SSSR count). The fourth-order valence-corrected chi connectivity index (χ4v) is 1.72. The van der Waals surface area contributed by atoms with E-state index in [4.69, 9.17) is 4.52 Å². The number of guanidine groups is 1. The molecule has 6 heteroatoms. The van der Waals surface area contributed by atoms with Crippen LogP contribution in [0.3, 0.4) is 0 Å². The van der Waals surface area contributed by atoms with E-state index in [-0.39, 0.29) is 0 Å². The fourth-order valence-electron chi connectivity index (χ4n) is 1.72. The first kappa shape index (κ1) is 12.9. The van der Waals surface area contributed by atoms with Crippen molar-refractivity contribution in [3.8, 4) is 0 Å². The van der Waals surface area contributed by atoms with Crippen molar-refractivity contribution < 1.29 is 4.52 Å². The highest BCUT2D eigenvalue weighted by Crippen LogP contribution is 2.28. The van der Waals surface area contributed by atoms with E-state index in [0.717, 1.165) is 18.4 Å². The van der Waals surface area contributed by atoms with Crippen LogP contribution in [-0.2, 0) is 6.42 Å². The first-order chi connectivity index (χ1) is 8.69. The Bertz CT molecular complexity index is 414. The topological polar surface area (TPSA) is 75.3 Å². The Labute approximate surface area is 107 Å². The van der Waals surface area contributed by atoms with Gasteiger partial charge < -0.3 is 15.2 Å². The molecule has 1 saturated carbocycles. The number of aliphatic imine (C=N–C) groups is 1. The van der Waals surface area contributed by atoms with Crippen molar-refractivity contribution in [2.75, 3.05) is 13.1 Å². The molecule has 1 heterocycles. The maximum Gasteiger partial charge on any atom is 0.228 e. The zero-order chi connectivity index (χ0) is 13.0. The molecule has 0 aromatic carbocycles. The number of rotatable bonds is 5. The molecular weight excluding hydrogens is 230 g/mol. The molecule has 0 radical (unpaired) electrons. The van der Waals surface area contributed by atoms with Gasteiger partial charge in [-0.15, -0.1) is 0 Å². The van der Waals surface area contributed by atoms with Crippen LogP contribution in [0.1, 0.15) is 32.0 Å². The molecule has 1 aromatic heterocycles. The van der Waals surface area contributed by atoms with Crippen molar-refractivity contribution in [3.63, 3.8) is 0 Å². The number of nitrogens with zero attached hydrogens (tertiary/aromatic N) is 3. The molecule has 0 bridgehead atoms. The fraction of sp³-hybridized carbons (Fsp3) is 0.750. The van der Waals surface area contributed by atoms with Crippen molar-refractivity contribution >= 4 is 5.96 Å². The monoisotopic (exact) mass is 251 g/mol. The van der Waals surface area contributed by atoms with E-state index in [0.29, 0.717) is 30.7 Å². The van der Waals surface area contributed by atoms with Crippen LogP contribution in [0.25, 0.3) is 0 Å². The van der Waals surface area contributed by atoms with E-state index in [1.165, 1.54) is 6.42 Å². The predicted octanol–water partition coefficient (Wildman–Crippen LogP) is 0.884. The van der Waals surface area contributed by atoms with E-state index in [1.807, 2.05) is 6.92 Å². The first-order valence-electron chi connectivity index (χ1n) is 6.53. The van der Waals surface area contributed by atoms with Gasteiger partial charge in [-0.1, -0.05) is 12.1 Å². The van der Waals surface area contributed by atoms with E-state index in [1.54, 1.807) is 0 Å². The summed E-state index contributed by atoms with van der Waals surface area (Å²) in [6, 6.07) is 0.577. The van der Waals surface area contributed by atoms with Gasteiger partial charge in [0.25, 0.3) is 0 Å². The molecule has 2 N–H and O–H groups in total. The number of nitrogens with one attached hydrogen (secondary N) is 2. The SMILES string of the molecule is CCNC(=NCCc1nc(C)no1)NC1CC1C. The van der Waals surface area contributed by atoms with Crippen LogP contribution in [-0.4, -0.2) is 35.2 Å². The summed E-state index contributed by atoms with van der Waals surface area (Å²) < 4.78 is 5.05. The minimum atomic E-state index is 0.577. The molecule has 1 aromatic rings. The second-order valence-electron chi connectivity index (χ2n) is 4.71. The Balaban J connectivity index is 1.79. The predicted molar refractivity (Wildman–Crippen MR) is 69.4 cm³/mol. The van der Waals surface area contributed by atoms with Crippen LogP contribution in [0.4, 0.5) is 0 Å².